The van der Waals surface area contributed by atoms with Crippen molar-refractivity contribution in [2.75, 3.05) is 20.2 Å². The number of sulfonamides is 1. The number of Topliss-reactive ketones (excluding diaryl/α,β-unsaturated/α-hetero) is 1. The standard InChI is InChI=1S/C19H22N2O4S2/c1-14(19(22)15-5-7-16(25-2)8-6-15)26-18-10-9-17(13-20-18)27(23,24)21-11-3-4-12-21/h5-10,13-14H,3-4,11-12H2,1-2H3/t14-/m0/s1. The van der Waals surface area contributed by atoms with E-state index in [0.717, 1.165) is 12.8 Å². The average Bonchev–Trinajstić information content (AvgIpc) is 3.23. The van der Waals surface area contributed by atoms with Crippen LogP contribution in [-0.4, -0.2) is 48.9 Å². The number of ketones is 1. The van der Waals surface area contributed by atoms with E-state index in [0.29, 0.717) is 29.4 Å². The van der Waals surface area contributed by atoms with Crippen molar-refractivity contribution in [1.29, 1.82) is 0 Å². The van der Waals surface area contributed by atoms with Gasteiger partial charge in [-0.3, -0.25) is 4.79 Å². The molecule has 2 heterocycles. The maximum absolute atomic E-state index is 12.6. The second-order valence-electron chi connectivity index (χ2n) is 6.30. The van der Waals surface area contributed by atoms with Gasteiger partial charge in [-0.1, -0.05) is 11.8 Å². The molecule has 0 aliphatic carbocycles. The van der Waals surface area contributed by atoms with E-state index in [-0.39, 0.29) is 15.9 Å². The molecule has 1 aliphatic heterocycles. The fourth-order valence-corrected chi connectivity index (χ4v) is 5.22. The molecule has 1 aliphatic rings. The summed E-state index contributed by atoms with van der Waals surface area (Å²) in [6.07, 6.45) is 3.16. The van der Waals surface area contributed by atoms with E-state index in [1.54, 1.807) is 43.5 Å². The van der Waals surface area contributed by atoms with Crippen molar-refractivity contribution in [3.05, 3.63) is 48.2 Å². The van der Waals surface area contributed by atoms with E-state index >= 15 is 0 Å². The zero-order valence-electron chi connectivity index (χ0n) is 15.3. The summed E-state index contributed by atoms with van der Waals surface area (Å²) in [5, 5.41) is 0.275. The number of nitrogens with zero attached hydrogens (tertiary/aromatic N) is 2. The number of pyridine rings is 1. The molecule has 0 spiro atoms. The summed E-state index contributed by atoms with van der Waals surface area (Å²) in [7, 11) is -1.89. The van der Waals surface area contributed by atoms with Gasteiger partial charge in [0.2, 0.25) is 10.0 Å². The summed E-state index contributed by atoms with van der Waals surface area (Å²) in [5.74, 6) is 0.682. The first kappa shape index (κ1) is 19.9. The van der Waals surface area contributed by atoms with E-state index in [2.05, 4.69) is 4.98 Å². The van der Waals surface area contributed by atoms with Gasteiger partial charge in [0.15, 0.2) is 5.78 Å². The Bertz CT molecular complexity index is 890. The molecule has 2 aromatic rings. The maximum atomic E-state index is 12.6. The zero-order chi connectivity index (χ0) is 19.4. The van der Waals surface area contributed by atoms with Crippen molar-refractivity contribution in [3.8, 4) is 5.75 Å². The molecule has 1 saturated heterocycles. The lowest BCUT2D eigenvalue weighted by Gasteiger charge is -2.15. The molecule has 1 aromatic heterocycles. The molecule has 27 heavy (non-hydrogen) atoms. The second-order valence-corrected chi connectivity index (χ2v) is 9.60. The Hall–Kier alpha value is -1.90. The topological polar surface area (TPSA) is 76.6 Å². The van der Waals surface area contributed by atoms with Gasteiger partial charge in [-0.15, -0.1) is 0 Å². The Labute approximate surface area is 164 Å². The minimum Gasteiger partial charge on any atom is -0.497 e. The van der Waals surface area contributed by atoms with Crippen molar-refractivity contribution in [2.45, 2.75) is 34.9 Å². The number of methoxy groups -OCH3 is 1. The molecular formula is C19H22N2O4S2. The average molecular weight is 407 g/mol. The molecule has 1 aromatic carbocycles. The van der Waals surface area contributed by atoms with Crippen LogP contribution in [-0.2, 0) is 10.0 Å². The van der Waals surface area contributed by atoms with Crippen LogP contribution in [0.4, 0.5) is 0 Å². The highest BCUT2D eigenvalue weighted by molar-refractivity contribution is 8.00. The second kappa shape index (κ2) is 8.41. The van der Waals surface area contributed by atoms with Gasteiger partial charge in [-0.25, -0.2) is 13.4 Å². The molecule has 6 nitrogen and oxygen atoms in total. The molecule has 0 saturated carbocycles. The molecule has 144 valence electrons. The number of rotatable bonds is 7. The third kappa shape index (κ3) is 4.51. The van der Waals surface area contributed by atoms with Crippen LogP contribution in [0.1, 0.15) is 30.1 Å². The van der Waals surface area contributed by atoms with Crippen LogP contribution in [0.3, 0.4) is 0 Å². The van der Waals surface area contributed by atoms with Gasteiger partial charge in [0.1, 0.15) is 10.6 Å². The van der Waals surface area contributed by atoms with Crippen LogP contribution in [0.25, 0.3) is 0 Å². The largest absolute Gasteiger partial charge is 0.497 e. The maximum Gasteiger partial charge on any atom is 0.244 e. The smallest absolute Gasteiger partial charge is 0.244 e. The summed E-state index contributed by atoms with van der Waals surface area (Å²) < 4.78 is 31.7. The highest BCUT2D eigenvalue weighted by Crippen LogP contribution is 2.27. The Kier molecular flexibility index (Phi) is 6.18. The van der Waals surface area contributed by atoms with Crippen molar-refractivity contribution in [2.24, 2.45) is 0 Å². The van der Waals surface area contributed by atoms with E-state index in [9.17, 15) is 13.2 Å². The monoisotopic (exact) mass is 406 g/mol. The van der Waals surface area contributed by atoms with Crippen LogP contribution in [0.2, 0.25) is 0 Å². The fourth-order valence-electron chi connectivity index (χ4n) is 2.89. The highest BCUT2D eigenvalue weighted by atomic mass is 32.2. The van der Waals surface area contributed by atoms with Crippen molar-refractivity contribution >= 4 is 27.6 Å². The molecule has 0 bridgehead atoms. The van der Waals surface area contributed by atoms with Gasteiger partial charge in [-0.2, -0.15) is 4.31 Å². The first-order chi connectivity index (χ1) is 12.9. The predicted octanol–water partition coefficient (Wildman–Crippen LogP) is 3.24. The molecule has 1 atom stereocenters. The lowest BCUT2D eigenvalue weighted by Crippen LogP contribution is -2.27. The molecule has 0 unspecified atom stereocenters. The molecular weight excluding hydrogens is 384 g/mol. The SMILES string of the molecule is COc1ccc(C(=O)[C@H](C)Sc2ccc(S(=O)(=O)N3CCCC3)cn2)cc1. The van der Waals surface area contributed by atoms with Gasteiger partial charge in [0.25, 0.3) is 0 Å². The first-order valence-corrected chi connectivity index (χ1v) is 11.0. The lowest BCUT2D eigenvalue weighted by atomic mass is 10.1. The van der Waals surface area contributed by atoms with Crippen LogP contribution in [0, 0.1) is 0 Å². The number of hydrogen-bond donors (Lipinski definition) is 0. The van der Waals surface area contributed by atoms with Gasteiger partial charge in [0, 0.05) is 24.8 Å². The Balaban J connectivity index is 1.67. The van der Waals surface area contributed by atoms with Crippen LogP contribution >= 0.6 is 11.8 Å². The molecule has 0 radical (unpaired) electrons. The third-order valence-electron chi connectivity index (χ3n) is 4.45. The number of ether oxygens (including phenoxy) is 1. The van der Waals surface area contributed by atoms with E-state index in [4.69, 9.17) is 4.74 Å². The van der Waals surface area contributed by atoms with Gasteiger partial charge < -0.3 is 4.74 Å². The Morgan fingerprint density at radius 2 is 1.81 bits per heavy atom. The number of carbonyl (C=O) groups excluding carboxylic acids is 1. The van der Waals surface area contributed by atoms with Gasteiger partial charge in [0.05, 0.1) is 17.4 Å². The van der Waals surface area contributed by atoms with E-state index in [1.165, 1.54) is 22.3 Å². The normalized spacial score (nSPS) is 16.2. The summed E-state index contributed by atoms with van der Waals surface area (Å²) >= 11 is 1.31. The zero-order valence-corrected chi connectivity index (χ0v) is 16.9. The van der Waals surface area contributed by atoms with Gasteiger partial charge in [-0.05, 0) is 56.2 Å². The Morgan fingerprint density at radius 3 is 2.37 bits per heavy atom. The van der Waals surface area contributed by atoms with Crippen LogP contribution < -0.4 is 4.74 Å². The minimum atomic E-state index is -3.47. The molecule has 8 heteroatoms. The highest BCUT2D eigenvalue weighted by Gasteiger charge is 2.27. The lowest BCUT2D eigenvalue weighted by molar-refractivity contribution is 0.0994. The molecule has 0 N–H and O–H groups in total. The number of aromatic nitrogens is 1. The first-order valence-electron chi connectivity index (χ1n) is 8.73. The van der Waals surface area contributed by atoms with E-state index < -0.39 is 10.0 Å². The third-order valence-corrected chi connectivity index (χ3v) is 7.39. The van der Waals surface area contributed by atoms with Gasteiger partial charge >= 0.3 is 0 Å². The number of hydrogen-bond acceptors (Lipinski definition) is 6. The minimum absolute atomic E-state index is 0.0155. The van der Waals surface area contributed by atoms with Crippen molar-refractivity contribution in [1.82, 2.24) is 9.29 Å². The number of carbonyl (C=O) groups is 1. The molecule has 3 rings (SSSR count). The Morgan fingerprint density at radius 1 is 1.15 bits per heavy atom. The number of benzene rings is 1. The summed E-state index contributed by atoms with van der Waals surface area (Å²) in [4.78, 5) is 17.0. The molecule has 0 amide bonds. The van der Waals surface area contributed by atoms with Crippen LogP contribution in [0.15, 0.2) is 52.5 Å². The van der Waals surface area contributed by atoms with Crippen molar-refractivity contribution < 1.29 is 17.9 Å². The summed E-state index contributed by atoms with van der Waals surface area (Å²) in [6.45, 7) is 2.94. The quantitative estimate of drug-likeness (QED) is 0.519. The molecule has 1 fully saturated rings. The number of thioether (sulfide) groups is 1. The van der Waals surface area contributed by atoms with Crippen molar-refractivity contribution in [3.63, 3.8) is 0 Å². The van der Waals surface area contributed by atoms with E-state index in [1.807, 2.05) is 6.92 Å². The van der Waals surface area contributed by atoms with Crippen LogP contribution in [0.5, 0.6) is 5.75 Å². The summed E-state index contributed by atoms with van der Waals surface area (Å²) in [6, 6.07) is 10.2. The summed E-state index contributed by atoms with van der Waals surface area (Å²) in [5.41, 5.74) is 0.601. The fraction of sp³-hybridized carbons (Fsp3) is 0.368. The predicted molar refractivity (Wildman–Crippen MR) is 105 cm³/mol.